The van der Waals surface area contributed by atoms with Crippen molar-refractivity contribution in [2.75, 3.05) is 6.61 Å². The quantitative estimate of drug-likeness (QED) is 0.430. The van der Waals surface area contributed by atoms with Crippen LogP contribution in [0.1, 0.15) is 26.2 Å². The van der Waals surface area contributed by atoms with E-state index in [0.717, 1.165) is 0 Å². The third kappa shape index (κ3) is 7.28. The molecule has 0 heterocycles. The summed E-state index contributed by atoms with van der Waals surface area (Å²) in [5.74, 6) is -0.250. The molecule has 0 spiro atoms. The number of nitrogens with two attached hydrogens (primary N) is 1. The Bertz CT molecular complexity index is 576. The summed E-state index contributed by atoms with van der Waals surface area (Å²) < 4.78 is 5.45. The minimum absolute atomic E-state index is 0.0124. The molecule has 0 radical (unpaired) electrons. The predicted molar refractivity (Wildman–Crippen MR) is 86.3 cm³/mol. The van der Waals surface area contributed by atoms with Crippen LogP contribution in [-0.2, 0) is 9.59 Å². The van der Waals surface area contributed by atoms with Crippen LogP contribution in [0, 0.1) is 0 Å². The number of carbonyl (C=O) groups is 2. The molecule has 0 fully saturated rings. The van der Waals surface area contributed by atoms with E-state index in [-0.39, 0.29) is 18.7 Å². The highest BCUT2D eigenvalue weighted by atomic mass is 35.5. The Kier molecular flexibility index (Phi) is 7.70. The molecule has 120 valence electrons. The van der Waals surface area contributed by atoms with Crippen LogP contribution >= 0.6 is 23.2 Å². The van der Waals surface area contributed by atoms with Crippen LogP contribution in [0.4, 0.5) is 0 Å². The summed E-state index contributed by atoms with van der Waals surface area (Å²) in [6.45, 7) is 1.94. The Morgan fingerprint density at radius 1 is 1.36 bits per heavy atom. The van der Waals surface area contributed by atoms with Crippen molar-refractivity contribution >= 4 is 40.7 Å². The third-order valence-electron chi connectivity index (χ3n) is 2.50. The largest absolute Gasteiger partial charge is 0.492 e. The molecule has 1 rings (SSSR count). The molecule has 0 bridgehead atoms. The molecular formula is C14H17Cl2N3O3. The van der Waals surface area contributed by atoms with Crippen LogP contribution in [0.3, 0.4) is 0 Å². The lowest BCUT2D eigenvalue weighted by molar-refractivity contribution is -0.121. The summed E-state index contributed by atoms with van der Waals surface area (Å²) in [5.41, 5.74) is 7.80. The van der Waals surface area contributed by atoms with Crippen molar-refractivity contribution in [1.82, 2.24) is 5.43 Å². The average Bonchev–Trinajstić information content (AvgIpc) is 2.42. The minimum Gasteiger partial charge on any atom is -0.492 e. The number of rotatable bonds is 8. The molecule has 0 saturated carbocycles. The number of halogens is 2. The highest BCUT2D eigenvalue weighted by Crippen LogP contribution is 2.27. The number of ether oxygens (including phenoxy) is 1. The summed E-state index contributed by atoms with van der Waals surface area (Å²) in [5, 5.41) is 4.71. The molecule has 0 atom stereocenters. The molecule has 3 N–H and O–H groups in total. The lowest BCUT2D eigenvalue weighted by Gasteiger charge is -2.07. The zero-order valence-corrected chi connectivity index (χ0v) is 13.6. The van der Waals surface area contributed by atoms with Crippen LogP contribution in [0.2, 0.25) is 10.0 Å². The fourth-order valence-corrected chi connectivity index (χ4v) is 1.98. The number of nitrogens with zero attached hydrogens (tertiary/aromatic N) is 1. The van der Waals surface area contributed by atoms with Crippen molar-refractivity contribution in [2.45, 2.75) is 26.2 Å². The number of benzene rings is 1. The molecule has 0 aliphatic rings. The second-order valence-electron chi connectivity index (χ2n) is 4.55. The molecule has 2 amide bonds. The number of amides is 2. The Balaban J connectivity index is 2.26. The molecular weight excluding hydrogens is 329 g/mol. The van der Waals surface area contributed by atoms with E-state index >= 15 is 0 Å². The summed E-state index contributed by atoms with van der Waals surface area (Å²) >= 11 is 11.7. The first-order valence-electron chi connectivity index (χ1n) is 6.56. The van der Waals surface area contributed by atoms with Crippen molar-refractivity contribution < 1.29 is 14.3 Å². The highest BCUT2D eigenvalue weighted by molar-refractivity contribution is 6.35. The number of hydrogen-bond donors (Lipinski definition) is 2. The van der Waals surface area contributed by atoms with Gasteiger partial charge < -0.3 is 10.5 Å². The van der Waals surface area contributed by atoms with Gasteiger partial charge in [-0.3, -0.25) is 9.59 Å². The van der Waals surface area contributed by atoms with E-state index in [0.29, 0.717) is 34.5 Å². The van der Waals surface area contributed by atoms with E-state index in [1.807, 2.05) is 0 Å². The van der Waals surface area contributed by atoms with Gasteiger partial charge in [0.1, 0.15) is 5.75 Å². The normalized spacial score (nSPS) is 11.1. The molecule has 1 aromatic rings. The SMILES string of the molecule is C/C(CC(N)=O)=N/NC(=O)CCCOc1ccc(Cl)cc1Cl. The molecule has 0 aliphatic carbocycles. The standard InChI is InChI=1S/C14H17Cl2N3O3/c1-9(7-13(17)20)18-19-14(21)3-2-6-22-12-5-4-10(15)8-11(12)16/h4-5,8H,2-3,6-7H2,1H3,(H2,17,20)(H,19,21)/b18-9-. The number of carbonyl (C=O) groups excluding carboxylic acids is 2. The minimum atomic E-state index is -0.497. The van der Waals surface area contributed by atoms with Gasteiger partial charge in [-0.1, -0.05) is 23.2 Å². The summed E-state index contributed by atoms with van der Waals surface area (Å²) in [7, 11) is 0. The second-order valence-corrected chi connectivity index (χ2v) is 5.40. The van der Waals surface area contributed by atoms with Gasteiger partial charge in [0.05, 0.1) is 18.1 Å². The maximum Gasteiger partial charge on any atom is 0.240 e. The van der Waals surface area contributed by atoms with E-state index in [2.05, 4.69) is 10.5 Å². The first-order valence-corrected chi connectivity index (χ1v) is 7.32. The van der Waals surface area contributed by atoms with Crippen LogP contribution < -0.4 is 15.9 Å². The van der Waals surface area contributed by atoms with Crippen LogP contribution in [-0.4, -0.2) is 24.1 Å². The number of hydrazone groups is 1. The molecule has 6 nitrogen and oxygen atoms in total. The lowest BCUT2D eigenvalue weighted by atomic mass is 10.3. The first-order chi connectivity index (χ1) is 10.4. The molecule has 0 aliphatic heterocycles. The zero-order valence-electron chi connectivity index (χ0n) is 12.1. The number of primary amides is 1. The van der Waals surface area contributed by atoms with Crippen molar-refractivity contribution in [3.63, 3.8) is 0 Å². The zero-order chi connectivity index (χ0) is 16.5. The Hall–Kier alpha value is -1.79. The van der Waals surface area contributed by atoms with Crippen LogP contribution in [0.15, 0.2) is 23.3 Å². The van der Waals surface area contributed by atoms with Crippen molar-refractivity contribution in [2.24, 2.45) is 10.8 Å². The summed E-state index contributed by atoms with van der Waals surface area (Å²) in [6.07, 6.45) is 0.742. The fourth-order valence-electron chi connectivity index (χ4n) is 1.51. The lowest BCUT2D eigenvalue weighted by Crippen LogP contribution is -2.21. The number of nitrogens with one attached hydrogen (secondary N) is 1. The first kappa shape index (κ1) is 18.3. The molecule has 0 aromatic heterocycles. The van der Waals surface area contributed by atoms with Gasteiger partial charge in [0, 0.05) is 17.2 Å². The smallest absolute Gasteiger partial charge is 0.240 e. The second kappa shape index (κ2) is 9.27. The molecule has 0 unspecified atom stereocenters. The summed E-state index contributed by atoms with van der Waals surface area (Å²) in [4.78, 5) is 22.2. The van der Waals surface area contributed by atoms with E-state index < -0.39 is 5.91 Å². The topological polar surface area (TPSA) is 93.8 Å². The van der Waals surface area contributed by atoms with Gasteiger partial charge in [0.2, 0.25) is 11.8 Å². The molecule has 0 saturated heterocycles. The Morgan fingerprint density at radius 2 is 2.09 bits per heavy atom. The van der Waals surface area contributed by atoms with Gasteiger partial charge >= 0.3 is 0 Å². The highest BCUT2D eigenvalue weighted by Gasteiger charge is 2.04. The third-order valence-corrected chi connectivity index (χ3v) is 3.03. The van der Waals surface area contributed by atoms with Gasteiger partial charge in [0.25, 0.3) is 0 Å². The molecule has 1 aromatic carbocycles. The Morgan fingerprint density at radius 3 is 2.73 bits per heavy atom. The molecule has 8 heteroatoms. The van der Waals surface area contributed by atoms with Crippen LogP contribution in [0.25, 0.3) is 0 Å². The Labute approximate surface area is 138 Å². The maximum atomic E-state index is 11.5. The molecule has 22 heavy (non-hydrogen) atoms. The monoisotopic (exact) mass is 345 g/mol. The summed E-state index contributed by atoms with van der Waals surface area (Å²) in [6, 6.07) is 4.93. The maximum absolute atomic E-state index is 11.5. The van der Waals surface area contributed by atoms with E-state index in [1.54, 1.807) is 25.1 Å². The van der Waals surface area contributed by atoms with Crippen molar-refractivity contribution in [3.8, 4) is 5.75 Å². The predicted octanol–water partition coefficient (Wildman–Crippen LogP) is 2.52. The van der Waals surface area contributed by atoms with Gasteiger partial charge in [0.15, 0.2) is 0 Å². The van der Waals surface area contributed by atoms with Gasteiger partial charge in [-0.25, -0.2) is 5.43 Å². The van der Waals surface area contributed by atoms with Crippen molar-refractivity contribution in [1.29, 1.82) is 0 Å². The fraction of sp³-hybridized carbons (Fsp3) is 0.357. The van der Waals surface area contributed by atoms with Gasteiger partial charge in [-0.15, -0.1) is 0 Å². The number of hydrogen-bond acceptors (Lipinski definition) is 4. The average molecular weight is 346 g/mol. The van der Waals surface area contributed by atoms with Gasteiger partial charge in [-0.2, -0.15) is 5.10 Å². The van der Waals surface area contributed by atoms with Gasteiger partial charge in [-0.05, 0) is 31.5 Å². The van der Waals surface area contributed by atoms with Crippen molar-refractivity contribution in [3.05, 3.63) is 28.2 Å². The van der Waals surface area contributed by atoms with E-state index in [4.69, 9.17) is 33.7 Å². The van der Waals surface area contributed by atoms with E-state index in [1.165, 1.54) is 0 Å². The van der Waals surface area contributed by atoms with Crippen LogP contribution in [0.5, 0.6) is 5.75 Å². The van der Waals surface area contributed by atoms with E-state index in [9.17, 15) is 9.59 Å².